The van der Waals surface area contributed by atoms with Gasteiger partial charge in [-0.2, -0.15) is 0 Å². The van der Waals surface area contributed by atoms with Crippen molar-refractivity contribution in [2.45, 2.75) is 39.0 Å². The predicted molar refractivity (Wildman–Crippen MR) is 105 cm³/mol. The number of amides is 1. The molecule has 0 spiro atoms. The van der Waals surface area contributed by atoms with Gasteiger partial charge in [-0.3, -0.25) is 4.79 Å². The van der Waals surface area contributed by atoms with Crippen molar-refractivity contribution < 1.29 is 14.3 Å². The molecule has 0 saturated heterocycles. The number of esters is 1. The van der Waals surface area contributed by atoms with E-state index in [2.05, 4.69) is 16.7 Å². The number of anilines is 1. The number of benzene rings is 1. The SMILES string of the molecule is CCOC(=O)/C=C/c1ccc(NCC(=O)NCCC2=CCCCC2)cc1. The third-order valence-corrected chi connectivity index (χ3v) is 4.22. The highest BCUT2D eigenvalue weighted by Gasteiger charge is 2.05. The highest BCUT2D eigenvalue weighted by molar-refractivity contribution is 5.87. The zero-order valence-corrected chi connectivity index (χ0v) is 15.4. The molecule has 0 aliphatic heterocycles. The maximum absolute atomic E-state index is 11.9. The Labute approximate surface area is 155 Å². The first-order valence-electron chi connectivity index (χ1n) is 9.30. The Morgan fingerprint density at radius 1 is 1.19 bits per heavy atom. The van der Waals surface area contributed by atoms with Crippen LogP contribution in [0.25, 0.3) is 6.08 Å². The van der Waals surface area contributed by atoms with E-state index in [0.717, 1.165) is 17.7 Å². The van der Waals surface area contributed by atoms with Crippen LogP contribution in [0.5, 0.6) is 0 Å². The van der Waals surface area contributed by atoms with Crippen molar-refractivity contribution in [3.8, 4) is 0 Å². The number of carbonyl (C=O) groups is 2. The van der Waals surface area contributed by atoms with Crippen molar-refractivity contribution >= 4 is 23.6 Å². The van der Waals surface area contributed by atoms with Crippen LogP contribution in [0.15, 0.2) is 42.0 Å². The standard InChI is InChI=1S/C21H28N2O3/c1-2-26-21(25)13-10-18-8-11-19(12-9-18)23-16-20(24)22-15-14-17-6-4-3-5-7-17/h6,8-13,23H,2-5,7,14-16H2,1H3,(H,22,24)/b13-10+. The minimum Gasteiger partial charge on any atom is -0.463 e. The zero-order chi connectivity index (χ0) is 18.6. The third-order valence-electron chi connectivity index (χ3n) is 4.22. The van der Waals surface area contributed by atoms with Gasteiger partial charge in [-0.15, -0.1) is 0 Å². The Morgan fingerprint density at radius 2 is 2.00 bits per heavy atom. The fraction of sp³-hybridized carbons (Fsp3) is 0.429. The summed E-state index contributed by atoms with van der Waals surface area (Å²) in [5.74, 6) is -0.358. The van der Waals surface area contributed by atoms with E-state index in [1.165, 1.54) is 37.3 Å². The number of hydrogen-bond donors (Lipinski definition) is 2. The molecule has 0 fully saturated rings. The summed E-state index contributed by atoms with van der Waals surface area (Å²) >= 11 is 0. The Kier molecular flexibility index (Phi) is 8.46. The third kappa shape index (κ3) is 7.55. The summed E-state index contributed by atoms with van der Waals surface area (Å²) in [6.45, 7) is 3.09. The molecule has 0 heterocycles. The summed E-state index contributed by atoms with van der Waals surface area (Å²) in [6.07, 6.45) is 11.3. The zero-order valence-electron chi connectivity index (χ0n) is 15.4. The molecule has 0 radical (unpaired) electrons. The number of hydrogen-bond acceptors (Lipinski definition) is 4. The quantitative estimate of drug-likeness (QED) is 0.402. The number of allylic oxidation sites excluding steroid dienone is 1. The maximum Gasteiger partial charge on any atom is 0.330 e. The Hall–Kier alpha value is -2.56. The van der Waals surface area contributed by atoms with Crippen LogP contribution in [0.4, 0.5) is 5.69 Å². The maximum atomic E-state index is 11.9. The molecule has 0 bridgehead atoms. The van der Waals surface area contributed by atoms with Crippen LogP contribution in [0.2, 0.25) is 0 Å². The van der Waals surface area contributed by atoms with Gasteiger partial charge in [-0.25, -0.2) is 4.79 Å². The fourth-order valence-corrected chi connectivity index (χ4v) is 2.81. The summed E-state index contributed by atoms with van der Waals surface area (Å²) in [6, 6.07) is 7.52. The van der Waals surface area contributed by atoms with Gasteiger partial charge in [0.05, 0.1) is 13.2 Å². The molecular weight excluding hydrogens is 328 g/mol. The van der Waals surface area contributed by atoms with Crippen LogP contribution in [0.3, 0.4) is 0 Å². The highest BCUT2D eigenvalue weighted by atomic mass is 16.5. The average molecular weight is 356 g/mol. The first kappa shape index (κ1) is 19.8. The molecule has 1 aliphatic carbocycles. The molecule has 0 unspecified atom stereocenters. The predicted octanol–water partition coefficient (Wildman–Crippen LogP) is 3.68. The molecule has 2 N–H and O–H groups in total. The van der Waals surface area contributed by atoms with E-state index in [1.54, 1.807) is 13.0 Å². The van der Waals surface area contributed by atoms with E-state index in [4.69, 9.17) is 4.74 Å². The van der Waals surface area contributed by atoms with Crippen molar-refractivity contribution in [3.63, 3.8) is 0 Å². The topological polar surface area (TPSA) is 67.4 Å². The van der Waals surface area contributed by atoms with Crippen molar-refractivity contribution in [1.82, 2.24) is 5.32 Å². The van der Waals surface area contributed by atoms with Crippen LogP contribution in [-0.2, 0) is 14.3 Å². The normalized spacial score (nSPS) is 14.0. The van der Waals surface area contributed by atoms with E-state index in [-0.39, 0.29) is 18.4 Å². The Bertz CT molecular complexity index is 648. The summed E-state index contributed by atoms with van der Waals surface area (Å²) < 4.78 is 4.84. The monoisotopic (exact) mass is 356 g/mol. The summed E-state index contributed by atoms with van der Waals surface area (Å²) in [4.78, 5) is 23.2. The smallest absolute Gasteiger partial charge is 0.330 e. The van der Waals surface area contributed by atoms with Crippen molar-refractivity contribution in [1.29, 1.82) is 0 Å². The van der Waals surface area contributed by atoms with Gasteiger partial charge in [0.1, 0.15) is 0 Å². The lowest BCUT2D eigenvalue weighted by Gasteiger charge is -2.13. The van der Waals surface area contributed by atoms with Gasteiger partial charge >= 0.3 is 5.97 Å². The van der Waals surface area contributed by atoms with Crippen LogP contribution < -0.4 is 10.6 Å². The molecule has 26 heavy (non-hydrogen) atoms. The van der Waals surface area contributed by atoms with E-state index < -0.39 is 0 Å². The lowest BCUT2D eigenvalue weighted by Crippen LogP contribution is -2.30. The Balaban J connectivity index is 1.67. The first-order chi connectivity index (χ1) is 12.7. The van der Waals surface area contributed by atoms with Gasteiger partial charge in [0.15, 0.2) is 0 Å². The van der Waals surface area contributed by atoms with Crippen molar-refractivity contribution in [3.05, 3.63) is 47.6 Å². The van der Waals surface area contributed by atoms with Gasteiger partial charge in [0.25, 0.3) is 0 Å². The molecule has 5 nitrogen and oxygen atoms in total. The number of nitrogens with one attached hydrogen (secondary N) is 2. The second-order valence-electron chi connectivity index (χ2n) is 6.27. The molecule has 1 amide bonds. The lowest BCUT2D eigenvalue weighted by molar-refractivity contribution is -0.137. The van der Waals surface area contributed by atoms with Gasteiger partial charge in [0.2, 0.25) is 5.91 Å². The van der Waals surface area contributed by atoms with E-state index in [1.807, 2.05) is 24.3 Å². The fourth-order valence-electron chi connectivity index (χ4n) is 2.81. The molecular formula is C21H28N2O3. The number of carbonyl (C=O) groups excluding carboxylic acids is 2. The van der Waals surface area contributed by atoms with Crippen molar-refractivity contribution in [2.24, 2.45) is 0 Å². The molecule has 1 aliphatic rings. The first-order valence-corrected chi connectivity index (χ1v) is 9.30. The largest absolute Gasteiger partial charge is 0.463 e. The molecule has 140 valence electrons. The van der Waals surface area contributed by atoms with E-state index in [9.17, 15) is 9.59 Å². The molecule has 1 aromatic rings. The van der Waals surface area contributed by atoms with Crippen LogP contribution >= 0.6 is 0 Å². The average Bonchev–Trinajstić information content (AvgIpc) is 2.67. The van der Waals surface area contributed by atoms with Crippen LogP contribution in [0.1, 0.15) is 44.6 Å². The second kappa shape index (κ2) is 11.1. The van der Waals surface area contributed by atoms with Crippen molar-refractivity contribution in [2.75, 3.05) is 25.0 Å². The van der Waals surface area contributed by atoms with Gasteiger partial charge in [-0.1, -0.05) is 23.8 Å². The summed E-state index contributed by atoms with van der Waals surface area (Å²) in [5.41, 5.74) is 3.23. The highest BCUT2D eigenvalue weighted by Crippen LogP contribution is 2.19. The van der Waals surface area contributed by atoms with Gasteiger partial charge in [0, 0.05) is 18.3 Å². The van der Waals surface area contributed by atoms with Gasteiger partial charge in [-0.05, 0) is 62.8 Å². The molecule has 2 rings (SSSR count). The molecule has 5 heteroatoms. The molecule has 0 saturated carbocycles. The van der Waals surface area contributed by atoms with E-state index >= 15 is 0 Å². The number of ether oxygens (including phenoxy) is 1. The second-order valence-corrected chi connectivity index (χ2v) is 6.27. The summed E-state index contributed by atoms with van der Waals surface area (Å²) in [7, 11) is 0. The minimum absolute atomic E-state index is 0.00677. The number of rotatable bonds is 9. The van der Waals surface area contributed by atoms with Crippen LogP contribution in [0, 0.1) is 0 Å². The molecule has 0 atom stereocenters. The van der Waals surface area contributed by atoms with Gasteiger partial charge < -0.3 is 15.4 Å². The minimum atomic E-state index is -0.352. The van der Waals surface area contributed by atoms with Crippen LogP contribution in [-0.4, -0.2) is 31.6 Å². The molecule has 0 aromatic heterocycles. The Morgan fingerprint density at radius 3 is 2.69 bits per heavy atom. The molecule has 1 aromatic carbocycles. The lowest BCUT2D eigenvalue weighted by atomic mass is 9.97. The summed E-state index contributed by atoms with van der Waals surface area (Å²) in [5, 5.41) is 6.05. The van der Waals surface area contributed by atoms with E-state index in [0.29, 0.717) is 13.2 Å².